The molecule has 1 aromatic rings. The Kier molecular flexibility index (Phi) is 3.29. The molecule has 1 saturated heterocycles. The molecule has 4 atom stereocenters. The van der Waals surface area contributed by atoms with Gasteiger partial charge in [-0.3, -0.25) is 14.5 Å². The van der Waals surface area contributed by atoms with Crippen LogP contribution in [0.5, 0.6) is 0 Å². The van der Waals surface area contributed by atoms with Crippen LogP contribution in [-0.4, -0.2) is 24.9 Å². The molecule has 0 spiro atoms. The number of nitrogens with zero attached hydrogens (tertiary/aromatic N) is 2. The third-order valence-electron chi connectivity index (χ3n) is 5.71. The van der Waals surface area contributed by atoms with E-state index in [0.717, 1.165) is 25.2 Å². The number of amides is 2. The number of hydrogen-bond acceptors (Lipinski definition) is 3. The number of hydrogen-bond donors (Lipinski definition) is 0. The van der Waals surface area contributed by atoms with Crippen molar-refractivity contribution >= 4 is 23.2 Å². The van der Waals surface area contributed by atoms with E-state index in [0.29, 0.717) is 5.69 Å². The monoisotopic (exact) mass is 310 g/mol. The van der Waals surface area contributed by atoms with Gasteiger partial charge < -0.3 is 4.90 Å². The fourth-order valence-corrected chi connectivity index (χ4v) is 4.56. The molecule has 4 rings (SSSR count). The van der Waals surface area contributed by atoms with Crippen LogP contribution in [0.15, 0.2) is 36.4 Å². The number of anilines is 2. The zero-order chi connectivity index (χ0) is 16.1. The largest absolute Gasteiger partial charge is 0.372 e. The van der Waals surface area contributed by atoms with E-state index in [4.69, 9.17) is 0 Å². The van der Waals surface area contributed by atoms with Crippen molar-refractivity contribution in [3.05, 3.63) is 36.4 Å². The third-order valence-corrected chi connectivity index (χ3v) is 5.71. The maximum Gasteiger partial charge on any atom is 0.238 e. The number of allylic oxidation sites excluding steroid dienone is 2. The van der Waals surface area contributed by atoms with Crippen LogP contribution in [0.2, 0.25) is 0 Å². The highest BCUT2D eigenvalue weighted by atomic mass is 16.2. The highest BCUT2D eigenvalue weighted by Gasteiger charge is 2.59. The maximum absolute atomic E-state index is 12.8. The molecule has 1 saturated carbocycles. The summed E-state index contributed by atoms with van der Waals surface area (Å²) >= 11 is 0. The summed E-state index contributed by atoms with van der Waals surface area (Å²) < 4.78 is 0. The van der Waals surface area contributed by atoms with E-state index in [1.54, 1.807) is 0 Å². The molecule has 0 unspecified atom stereocenters. The third kappa shape index (κ3) is 1.97. The van der Waals surface area contributed by atoms with Crippen LogP contribution in [-0.2, 0) is 9.59 Å². The summed E-state index contributed by atoms with van der Waals surface area (Å²) in [7, 11) is 0. The number of carbonyl (C=O) groups excluding carboxylic acids is 2. The minimum Gasteiger partial charge on any atom is -0.372 e. The molecular formula is C19H22N2O2. The first-order valence-corrected chi connectivity index (χ1v) is 8.56. The van der Waals surface area contributed by atoms with Crippen LogP contribution in [0, 0.1) is 23.7 Å². The molecule has 2 bridgehead atoms. The molecule has 0 N–H and O–H groups in total. The van der Waals surface area contributed by atoms with Crippen LogP contribution in [0.4, 0.5) is 11.4 Å². The van der Waals surface area contributed by atoms with E-state index in [-0.39, 0.29) is 35.5 Å². The molecule has 3 aliphatic rings. The Morgan fingerprint density at radius 2 is 1.48 bits per heavy atom. The minimum atomic E-state index is -0.125. The minimum absolute atomic E-state index is 0.00700. The molecule has 23 heavy (non-hydrogen) atoms. The Hall–Kier alpha value is -2.10. The van der Waals surface area contributed by atoms with Crippen LogP contribution < -0.4 is 9.80 Å². The highest BCUT2D eigenvalue weighted by molar-refractivity contribution is 6.22. The van der Waals surface area contributed by atoms with Crippen molar-refractivity contribution in [3.8, 4) is 0 Å². The summed E-state index contributed by atoms with van der Waals surface area (Å²) in [6, 6.07) is 7.81. The van der Waals surface area contributed by atoms with Gasteiger partial charge in [-0.2, -0.15) is 0 Å². The molecule has 1 aliphatic heterocycles. The molecule has 1 heterocycles. The standard InChI is InChI=1S/C19H22N2O2/c1-3-20(4-2)14-7-9-15(10-8-14)21-18(22)16-12-5-6-13(11-12)17(16)19(21)23/h5-10,12-13,16-17H,3-4,11H2,1-2H3/t12-,13-,16-,17-/m0/s1. The predicted molar refractivity (Wildman–Crippen MR) is 90.2 cm³/mol. The lowest BCUT2D eigenvalue weighted by molar-refractivity contribution is -0.123. The molecule has 4 heteroatoms. The number of fused-ring (bicyclic) bond motifs is 5. The van der Waals surface area contributed by atoms with Crippen LogP contribution in [0.1, 0.15) is 20.3 Å². The van der Waals surface area contributed by atoms with Crippen molar-refractivity contribution in [2.24, 2.45) is 23.7 Å². The molecule has 2 aliphatic carbocycles. The van der Waals surface area contributed by atoms with Gasteiger partial charge in [0.1, 0.15) is 0 Å². The van der Waals surface area contributed by atoms with Crippen molar-refractivity contribution in [1.29, 1.82) is 0 Å². The first-order chi connectivity index (χ1) is 11.2. The molecule has 4 nitrogen and oxygen atoms in total. The fourth-order valence-electron chi connectivity index (χ4n) is 4.56. The number of rotatable bonds is 4. The van der Waals surface area contributed by atoms with Gasteiger partial charge in [-0.05, 0) is 56.4 Å². The van der Waals surface area contributed by atoms with Crippen molar-refractivity contribution in [2.45, 2.75) is 20.3 Å². The van der Waals surface area contributed by atoms with Crippen LogP contribution in [0.3, 0.4) is 0 Å². The molecule has 2 fully saturated rings. The van der Waals surface area contributed by atoms with Gasteiger partial charge in [0, 0.05) is 18.8 Å². The number of carbonyl (C=O) groups is 2. The zero-order valence-electron chi connectivity index (χ0n) is 13.6. The van der Waals surface area contributed by atoms with Crippen molar-refractivity contribution < 1.29 is 9.59 Å². The second kappa shape index (κ2) is 5.22. The molecule has 0 radical (unpaired) electrons. The maximum atomic E-state index is 12.8. The second-order valence-electron chi connectivity index (χ2n) is 6.70. The summed E-state index contributed by atoms with van der Waals surface area (Å²) in [5.41, 5.74) is 1.84. The van der Waals surface area contributed by atoms with E-state index in [1.165, 1.54) is 4.90 Å². The van der Waals surface area contributed by atoms with Crippen LogP contribution in [0.25, 0.3) is 0 Å². The quantitative estimate of drug-likeness (QED) is 0.634. The summed E-state index contributed by atoms with van der Waals surface area (Å²) in [6.45, 7) is 6.12. The Labute approximate surface area is 136 Å². The van der Waals surface area contributed by atoms with E-state index in [2.05, 4.69) is 30.9 Å². The average Bonchev–Trinajstić information content (AvgIpc) is 3.24. The summed E-state index contributed by atoms with van der Waals surface area (Å²) in [5, 5.41) is 0. The van der Waals surface area contributed by atoms with Gasteiger partial charge in [0.2, 0.25) is 11.8 Å². The Morgan fingerprint density at radius 3 is 1.96 bits per heavy atom. The Bertz CT molecular complexity index is 645. The lowest BCUT2D eigenvalue weighted by atomic mass is 9.85. The summed E-state index contributed by atoms with van der Waals surface area (Å²) in [4.78, 5) is 29.2. The van der Waals surface area contributed by atoms with E-state index in [9.17, 15) is 9.59 Å². The first-order valence-electron chi connectivity index (χ1n) is 8.56. The normalized spacial score (nSPS) is 31.1. The van der Waals surface area contributed by atoms with E-state index >= 15 is 0 Å². The van der Waals surface area contributed by atoms with Crippen LogP contribution >= 0.6 is 0 Å². The van der Waals surface area contributed by atoms with Gasteiger partial charge in [0.05, 0.1) is 17.5 Å². The second-order valence-corrected chi connectivity index (χ2v) is 6.70. The van der Waals surface area contributed by atoms with Gasteiger partial charge in [0.25, 0.3) is 0 Å². The lowest BCUT2D eigenvalue weighted by Crippen LogP contribution is -2.32. The highest BCUT2D eigenvalue weighted by Crippen LogP contribution is 2.53. The molecule has 120 valence electrons. The average molecular weight is 310 g/mol. The molecule has 1 aromatic carbocycles. The summed E-state index contributed by atoms with van der Waals surface area (Å²) in [6.07, 6.45) is 5.23. The van der Waals surface area contributed by atoms with Gasteiger partial charge in [-0.15, -0.1) is 0 Å². The van der Waals surface area contributed by atoms with E-state index in [1.807, 2.05) is 24.3 Å². The molecule has 2 amide bonds. The molecule has 0 aromatic heterocycles. The Morgan fingerprint density at radius 1 is 0.957 bits per heavy atom. The number of benzene rings is 1. The number of imide groups is 1. The smallest absolute Gasteiger partial charge is 0.238 e. The van der Waals surface area contributed by atoms with Gasteiger partial charge in [0.15, 0.2) is 0 Å². The topological polar surface area (TPSA) is 40.6 Å². The molecular weight excluding hydrogens is 288 g/mol. The first kappa shape index (κ1) is 14.5. The zero-order valence-corrected chi connectivity index (χ0v) is 13.6. The Balaban J connectivity index is 1.62. The van der Waals surface area contributed by atoms with Crippen molar-refractivity contribution in [1.82, 2.24) is 0 Å². The predicted octanol–water partition coefficient (Wildman–Crippen LogP) is 2.84. The summed E-state index contributed by atoms with van der Waals surface area (Å²) in [5.74, 6) is 0.266. The fraction of sp³-hybridized carbons (Fsp3) is 0.474. The van der Waals surface area contributed by atoms with Gasteiger partial charge >= 0.3 is 0 Å². The van der Waals surface area contributed by atoms with Gasteiger partial charge in [-0.25, -0.2) is 0 Å². The van der Waals surface area contributed by atoms with Gasteiger partial charge in [-0.1, -0.05) is 12.2 Å². The lowest BCUT2D eigenvalue weighted by Gasteiger charge is -2.22. The van der Waals surface area contributed by atoms with Crippen molar-refractivity contribution in [2.75, 3.05) is 22.9 Å². The SMILES string of the molecule is CCN(CC)c1ccc(N2C(=O)[C@@H]3[C@@H](C2=O)[C@H]2C=C[C@H]3C2)cc1. The van der Waals surface area contributed by atoms with Crippen molar-refractivity contribution in [3.63, 3.8) is 0 Å². The van der Waals surface area contributed by atoms with E-state index < -0.39 is 0 Å².